The number of methoxy groups -OCH3 is 1. The number of benzene rings is 2. The van der Waals surface area contributed by atoms with Crippen LogP contribution in [-0.2, 0) is 6.42 Å². The van der Waals surface area contributed by atoms with Crippen LogP contribution in [0.1, 0.15) is 16.1 Å². The zero-order valence-corrected chi connectivity index (χ0v) is 15.4. The number of rotatable bonds is 7. The summed E-state index contributed by atoms with van der Waals surface area (Å²) in [4.78, 5) is 14.2. The molecular formula is C21H22N4O2. The van der Waals surface area contributed by atoms with Crippen LogP contribution in [0.5, 0.6) is 5.75 Å². The monoisotopic (exact) mass is 362 g/mol. The Morgan fingerprint density at radius 3 is 2.56 bits per heavy atom. The molecule has 0 radical (unpaired) electrons. The number of hydrogen-bond acceptors (Lipinski definition) is 5. The Labute approximate surface area is 158 Å². The second kappa shape index (κ2) is 8.80. The van der Waals surface area contributed by atoms with Gasteiger partial charge in [-0.1, -0.05) is 30.3 Å². The van der Waals surface area contributed by atoms with Crippen molar-refractivity contribution in [2.24, 2.45) is 0 Å². The van der Waals surface area contributed by atoms with E-state index in [4.69, 9.17) is 4.74 Å². The highest BCUT2D eigenvalue weighted by molar-refractivity contribution is 5.92. The molecule has 1 aromatic heterocycles. The summed E-state index contributed by atoms with van der Waals surface area (Å²) < 4.78 is 5.20. The van der Waals surface area contributed by atoms with Crippen molar-refractivity contribution in [3.63, 3.8) is 0 Å². The maximum Gasteiger partial charge on any atom is 0.271 e. The molecule has 2 aromatic carbocycles. The van der Waals surface area contributed by atoms with Crippen molar-refractivity contribution in [1.29, 1.82) is 0 Å². The first-order valence-electron chi connectivity index (χ1n) is 8.71. The number of carbonyl (C=O) groups is 1. The highest BCUT2D eigenvalue weighted by Crippen LogP contribution is 2.20. The number of ether oxygens (including phenoxy) is 1. The molecule has 6 nitrogen and oxygen atoms in total. The lowest BCUT2D eigenvalue weighted by molar-refractivity contribution is 0.0948. The van der Waals surface area contributed by atoms with Crippen LogP contribution in [-0.4, -0.2) is 36.8 Å². The summed E-state index contributed by atoms with van der Waals surface area (Å²) in [5.74, 6) is 1.25. The highest BCUT2D eigenvalue weighted by atomic mass is 16.5. The van der Waals surface area contributed by atoms with Crippen LogP contribution in [0.4, 0.5) is 11.5 Å². The predicted octanol–water partition coefficient (Wildman–Crippen LogP) is 3.23. The molecule has 1 amide bonds. The first-order chi connectivity index (χ1) is 13.2. The van der Waals surface area contributed by atoms with Crippen molar-refractivity contribution in [1.82, 2.24) is 15.5 Å². The lowest BCUT2D eigenvalue weighted by atomic mass is 10.1. The fourth-order valence-electron chi connectivity index (χ4n) is 2.65. The molecule has 6 heteroatoms. The molecule has 0 atom stereocenters. The Kier molecular flexibility index (Phi) is 5.99. The minimum absolute atomic E-state index is 0.237. The van der Waals surface area contributed by atoms with Crippen molar-refractivity contribution < 1.29 is 9.53 Å². The molecule has 0 unspecified atom stereocenters. The van der Waals surface area contributed by atoms with Gasteiger partial charge >= 0.3 is 0 Å². The number of nitrogens with one attached hydrogen (secondary N) is 1. The Morgan fingerprint density at radius 1 is 1.04 bits per heavy atom. The molecule has 0 aliphatic carbocycles. The van der Waals surface area contributed by atoms with Gasteiger partial charge in [-0.3, -0.25) is 4.79 Å². The van der Waals surface area contributed by atoms with E-state index in [1.165, 1.54) is 0 Å². The molecule has 0 aliphatic heterocycles. The zero-order valence-electron chi connectivity index (χ0n) is 15.4. The normalized spacial score (nSPS) is 10.3. The van der Waals surface area contributed by atoms with Gasteiger partial charge in [0.05, 0.1) is 7.11 Å². The summed E-state index contributed by atoms with van der Waals surface area (Å²) in [6, 6.07) is 21.1. The van der Waals surface area contributed by atoms with E-state index in [0.717, 1.165) is 17.0 Å². The maximum absolute atomic E-state index is 12.3. The van der Waals surface area contributed by atoms with Crippen molar-refractivity contribution in [3.05, 3.63) is 78.0 Å². The molecule has 0 saturated carbocycles. The highest BCUT2D eigenvalue weighted by Gasteiger charge is 2.10. The van der Waals surface area contributed by atoms with Crippen LogP contribution in [0.15, 0.2) is 66.7 Å². The first-order valence-corrected chi connectivity index (χ1v) is 8.71. The van der Waals surface area contributed by atoms with Crippen molar-refractivity contribution in [3.8, 4) is 5.75 Å². The Morgan fingerprint density at radius 2 is 1.85 bits per heavy atom. The summed E-state index contributed by atoms with van der Waals surface area (Å²) in [5, 5.41) is 11.1. The second-order valence-corrected chi connectivity index (χ2v) is 6.03. The summed E-state index contributed by atoms with van der Waals surface area (Å²) in [6.45, 7) is 0.513. The summed E-state index contributed by atoms with van der Waals surface area (Å²) in [5.41, 5.74) is 2.40. The maximum atomic E-state index is 12.3. The molecule has 3 aromatic rings. The van der Waals surface area contributed by atoms with Gasteiger partial charge in [0.25, 0.3) is 5.91 Å². The third kappa shape index (κ3) is 4.82. The number of anilines is 2. The fourth-order valence-corrected chi connectivity index (χ4v) is 2.65. The molecule has 1 heterocycles. The van der Waals surface area contributed by atoms with Gasteiger partial charge in [0, 0.05) is 19.3 Å². The minimum atomic E-state index is -0.237. The Bertz CT molecular complexity index is 882. The van der Waals surface area contributed by atoms with Crippen LogP contribution in [0.3, 0.4) is 0 Å². The summed E-state index contributed by atoms with van der Waals surface area (Å²) >= 11 is 0. The van der Waals surface area contributed by atoms with Gasteiger partial charge in [0.1, 0.15) is 5.75 Å². The van der Waals surface area contributed by atoms with Gasteiger partial charge in [-0.05, 0) is 48.4 Å². The van der Waals surface area contributed by atoms with E-state index in [2.05, 4.69) is 15.5 Å². The SMILES string of the molecule is COc1cccc(CCNC(=O)c2ccc(N(C)c3ccccc3)nn2)c1. The third-order valence-electron chi connectivity index (χ3n) is 4.20. The average Bonchev–Trinajstić information content (AvgIpc) is 2.74. The van der Waals surface area contributed by atoms with Gasteiger partial charge in [-0.15, -0.1) is 10.2 Å². The Hall–Kier alpha value is -3.41. The second-order valence-electron chi connectivity index (χ2n) is 6.03. The minimum Gasteiger partial charge on any atom is -0.497 e. The molecule has 0 spiro atoms. The topological polar surface area (TPSA) is 67.3 Å². The van der Waals surface area contributed by atoms with Gasteiger partial charge < -0.3 is 15.0 Å². The number of amides is 1. The van der Waals surface area contributed by atoms with E-state index >= 15 is 0 Å². The number of para-hydroxylation sites is 1. The van der Waals surface area contributed by atoms with E-state index in [9.17, 15) is 4.79 Å². The fraction of sp³-hybridized carbons (Fsp3) is 0.190. The standard InChI is InChI=1S/C21H22N4O2/c1-25(17-8-4-3-5-9-17)20-12-11-19(23-24-20)21(26)22-14-13-16-7-6-10-18(15-16)27-2/h3-12,15H,13-14H2,1-2H3,(H,22,26). The van der Waals surface area contributed by atoms with Gasteiger partial charge in [-0.2, -0.15) is 0 Å². The average molecular weight is 362 g/mol. The van der Waals surface area contributed by atoms with Gasteiger partial charge in [0.15, 0.2) is 11.5 Å². The third-order valence-corrected chi connectivity index (χ3v) is 4.20. The van der Waals surface area contributed by atoms with E-state index in [1.807, 2.05) is 66.5 Å². The predicted molar refractivity (Wildman–Crippen MR) is 106 cm³/mol. The largest absolute Gasteiger partial charge is 0.497 e. The molecule has 1 N–H and O–H groups in total. The van der Waals surface area contributed by atoms with Gasteiger partial charge in [-0.25, -0.2) is 0 Å². The lowest BCUT2D eigenvalue weighted by Gasteiger charge is -2.17. The lowest BCUT2D eigenvalue weighted by Crippen LogP contribution is -2.27. The summed E-state index contributed by atoms with van der Waals surface area (Å²) in [7, 11) is 3.55. The molecule has 27 heavy (non-hydrogen) atoms. The quantitative estimate of drug-likeness (QED) is 0.699. The van der Waals surface area contributed by atoms with Crippen LogP contribution >= 0.6 is 0 Å². The van der Waals surface area contributed by atoms with E-state index in [0.29, 0.717) is 24.5 Å². The molecule has 138 valence electrons. The number of aromatic nitrogens is 2. The molecule has 0 fully saturated rings. The zero-order chi connectivity index (χ0) is 19.1. The summed E-state index contributed by atoms with van der Waals surface area (Å²) in [6.07, 6.45) is 0.713. The van der Waals surface area contributed by atoms with E-state index < -0.39 is 0 Å². The van der Waals surface area contributed by atoms with Gasteiger partial charge in [0.2, 0.25) is 0 Å². The molecule has 0 aliphatic rings. The first kappa shape index (κ1) is 18.4. The molecule has 0 bridgehead atoms. The number of hydrogen-bond donors (Lipinski definition) is 1. The van der Waals surface area contributed by atoms with Crippen molar-refractivity contribution in [2.75, 3.05) is 25.6 Å². The smallest absolute Gasteiger partial charge is 0.271 e. The molecule has 0 saturated heterocycles. The van der Waals surface area contributed by atoms with Crippen LogP contribution in [0, 0.1) is 0 Å². The van der Waals surface area contributed by atoms with Crippen LogP contribution in [0.25, 0.3) is 0 Å². The Balaban J connectivity index is 1.56. The van der Waals surface area contributed by atoms with E-state index in [1.54, 1.807) is 19.2 Å². The molecule has 3 rings (SSSR count). The van der Waals surface area contributed by atoms with Crippen molar-refractivity contribution in [2.45, 2.75) is 6.42 Å². The number of nitrogens with zero attached hydrogens (tertiary/aromatic N) is 3. The van der Waals surface area contributed by atoms with E-state index in [-0.39, 0.29) is 5.91 Å². The number of carbonyl (C=O) groups excluding carboxylic acids is 1. The van der Waals surface area contributed by atoms with Crippen LogP contribution < -0.4 is 15.0 Å². The van der Waals surface area contributed by atoms with Crippen LogP contribution in [0.2, 0.25) is 0 Å². The van der Waals surface area contributed by atoms with Crippen molar-refractivity contribution >= 4 is 17.4 Å². The molecular weight excluding hydrogens is 340 g/mol.